The lowest BCUT2D eigenvalue weighted by molar-refractivity contribution is -0.124. The van der Waals surface area contributed by atoms with Crippen molar-refractivity contribution in [1.29, 1.82) is 0 Å². The highest BCUT2D eigenvalue weighted by atomic mass is 35.5. The monoisotopic (exact) mass is 405 g/mol. The Morgan fingerprint density at radius 3 is 2.72 bits per heavy atom. The molecule has 1 saturated heterocycles. The van der Waals surface area contributed by atoms with Crippen molar-refractivity contribution in [3.63, 3.8) is 0 Å². The van der Waals surface area contributed by atoms with E-state index < -0.39 is 6.04 Å². The van der Waals surface area contributed by atoms with Crippen molar-refractivity contribution in [1.82, 2.24) is 10.3 Å². The van der Waals surface area contributed by atoms with Crippen LogP contribution in [-0.2, 0) is 16.0 Å². The molecule has 3 rings (SSSR count). The van der Waals surface area contributed by atoms with Gasteiger partial charge in [-0.25, -0.2) is 4.98 Å². The van der Waals surface area contributed by atoms with E-state index in [9.17, 15) is 4.79 Å². The minimum Gasteiger partial charge on any atom is -0.381 e. The van der Waals surface area contributed by atoms with E-state index in [0.717, 1.165) is 29.8 Å². The number of amides is 1. The molecular weight excluding hydrogens is 381 g/mol. The highest BCUT2D eigenvalue weighted by Gasteiger charge is 2.27. The summed E-state index contributed by atoms with van der Waals surface area (Å²) in [5, 5.41) is 4.07. The molecule has 5 nitrogen and oxygen atoms in total. The number of thiazole rings is 1. The Bertz CT molecular complexity index is 644. The van der Waals surface area contributed by atoms with E-state index in [1.807, 2.05) is 25.1 Å². The summed E-state index contributed by atoms with van der Waals surface area (Å²) < 4.78 is 6.50. The minimum absolute atomic E-state index is 0. The number of nitrogens with one attached hydrogen (secondary N) is 1. The molecule has 0 bridgehead atoms. The Morgan fingerprint density at radius 2 is 2.04 bits per heavy atom. The van der Waals surface area contributed by atoms with Gasteiger partial charge in [-0.05, 0) is 37.8 Å². The van der Waals surface area contributed by atoms with Gasteiger partial charge in [0.05, 0.1) is 21.3 Å². The molecule has 3 N–H and O–H groups in total. The van der Waals surface area contributed by atoms with Crippen LogP contribution in [0.3, 0.4) is 0 Å². The van der Waals surface area contributed by atoms with E-state index in [2.05, 4.69) is 16.4 Å². The normalized spacial score (nSPS) is 17.2. The molecule has 0 saturated carbocycles. The number of halogens is 2. The molecular formula is C17H25Cl2N3O2S. The van der Waals surface area contributed by atoms with Crippen LogP contribution in [0.25, 0.3) is 10.2 Å². The van der Waals surface area contributed by atoms with E-state index in [0.29, 0.717) is 13.2 Å². The molecule has 2 atom stereocenters. The van der Waals surface area contributed by atoms with Crippen LogP contribution in [0.1, 0.15) is 24.8 Å². The average molecular weight is 406 g/mol. The third kappa shape index (κ3) is 5.79. The van der Waals surface area contributed by atoms with Crippen molar-refractivity contribution in [3.05, 3.63) is 29.3 Å². The maximum atomic E-state index is 12.3. The van der Waals surface area contributed by atoms with Crippen LogP contribution in [0.5, 0.6) is 0 Å². The fraction of sp³-hybridized carbons (Fsp3) is 0.529. The van der Waals surface area contributed by atoms with Crippen molar-refractivity contribution in [3.8, 4) is 0 Å². The van der Waals surface area contributed by atoms with Crippen LogP contribution >= 0.6 is 36.2 Å². The predicted octanol–water partition coefficient (Wildman–Crippen LogP) is 2.94. The summed E-state index contributed by atoms with van der Waals surface area (Å²) in [4.78, 5) is 16.9. The number of ether oxygens (including phenoxy) is 1. The minimum atomic E-state index is -0.447. The lowest BCUT2D eigenvalue weighted by atomic mass is 9.91. The molecule has 0 radical (unpaired) electrons. The number of hydrogen-bond donors (Lipinski definition) is 2. The molecule has 25 heavy (non-hydrogen) atoms. The molecule has 1 fully saturated rings. The predicted molar refractivity (Wildman–Crippen MR) is 107 cm³/mol. The second-order valence-electron chi connectivity index (χ2n) is 6.16. The van der Waals surface area contributed by atoms with E-state index in [4.69, 9.17) is 10.5 Å². The van der Waals surface area contributed by atoms with Gasteiger partial charge in [-0.2, -0.15) is 0 Å². The first-order valence-electron chi connectivity index (χ1n) is 8.11. The van der Waals surface area contributed by atoms with Gasteiger partial charge in [-0.3, -0.25) is 4.79 Å². The summed E-state index contributed by atoms with van der Waals surface area (Å²) >= 11 is 1.68. The lowest BCUT2D eigenvalue weighted by Gasteiger charge is -2.27. The molecule has 1 aromatic carbocycles. The van der Waals surface area contributed by atoms with Crippen molar-refractivity contribution in [2.45, 2.75) is 38.3 Å². The number of benzene rings is 1. The van der Waals surface area contributed by atoms with Gasteiger partial charge in [0.15, 0.2) is 0 Å². The smallest absolute Gasteiger partial charge is 0.237 e. The van der Waals surface area contributed by atoms with E-state index in [-0.39, 0.29) is 42.7 Å². The Kier molecular flexibility index (Phi) is 9.10. The number of aromatic nitrogens is 1. The second-order valence-corrected chi connectivity index (χ2v) is 7.28. The van der Waals surface area contributed by atoms with Gasteiger partial charge in [-0.15, -0.1) is 36.2 Å². The van der Waals surface area contributed by atoms with Gasteiger partial charge in [-0.1, -0.05) is 12.1 Å². The van der Waals surface area contributed by atoms with Crippen LogP contribution in [0, 0.1) is 5.92 Å². The van der Waals surface area contributed by atoms with Gasteiger partial charge < -0.3 is 15.8 Å². The molecule has 2 heterocycles. The average Bonchev–Trinajstić information content (AvgIpc) is 2.96. The summed E-state index contributed by atoms with van der Waals surface area (Å²) in [5.41, 5.74) is 7.13. The zero-order valence-electron chi connectivity index (χ0n) is 14.1. The third-order valence-corrected chi connectivity index (χ3v) is 5.34. The van der Waals surface area contributed by atoms with Gasteiger partial charge in [0.2, 0.25) is 5.91 Å². The van der Waals surface area contributed by atoms with Gasteiger partial charge >= 0.3 is 0 Å². The van der Waals surface area contributed by atoms with Crippen molar-refractivity contribution in [2.24, 2.45) is 11.7 Å². The summed E-state index contributed by atoms with van der Waals surface area (Å²) in [6.07, 6.45) is 2.45. The zero-order valence-corrected chi connectivity index (χ0v) is 16.6. The maximum Gasteiger partial charge on any atom is 0.237 e. The first-order valence-corrected chi connectivity index (χ1v) is 8.93. The third-order valence-electron chi connectivity index (χ3n) is 4.28. The molecule has 1 aliphatic heterocycles. The van der Waals surface area contributed by atoms with Gasteiger partial charge in [0.25, 0.3) is 0 Å². The molecule has 1 aromatic heterocycles. The molecule has 2 aromatic rings. The largest absolute Gasteiger partial charge is 0.381 e. The number of hydrogen-bond acceptors (Lipinski definition) is 5. The highest BCUT2D eigenvalue weighted by molar-refractivity contribution is 7.18. The SMILES string of the molecule is CC(Cc1nc2ccccc2s1)NC(=O)C(N)C1CCOCC1.Cl.Cl. The van der Waals surface area contributed by atoms with Crippen LogP contribution in [0.4, 0.5) is 0 Å². The molecule has 1 amide bonds. The Hall–Kier alpha value is -0.920. The molecule has 1 aliphatic rings. The first-order chi connectivity index (χ1) is 11.1. The quantitative estimate of drug-likeness (QED) is 0.801. The van der Waals surface area contributed by atoms with Crippen LogP contribution in [0.15, 0.2) is 24.3 Å². The Labute approximate surface area is 164 Å². The number of nitrogens with zero attached hydrogens (tertiary/aromatic N) is 1. The summed E-state index contributed by atoms with van der Waals surface area (Å²) in [7, 11) is 0. The Morgan fingerprint density at radius 1 is 1.36 bits per heavy atom. The maximum absolute atomic E-state index is 12.3. The van der Waals surface area contributed by atoms with Crippen molar-refractivity contribution >= 4 is 52.3 Å². The van der Waals surface area contributed by atoms with Gasteiger partial charge in [0.1, 0.15) is 0 Å². The van der Waals surface area contributed by atoms with Crippen molar-refractivity contribution in [2.75, 3.05) is 13.2 Å². The fourth-order valence-corrected chi connectivity index (χ4v) is 4.04. The lowest BCUT2D eigenvalue weighted by Crippen LogP contribution is -2.49. The first kappa shape index (κ1) is 22.1. The van der Waals surface area contributed by atoms with E-state index in [1.165, 1.54) is 4.70 Å². The number of carbonyl (C=O) groups excluding carboxylic acids is 1. The van der Waals surface area contributed by atoms with Crippen molar-refractivity contribution < 1.29 is 9.53 Å². The van der Waals surface area contributed by atoms with Crippen LogP contribution < -0.4 is 11.1 Å². The number of fused-ring (bicyclic) bond motifs is 1. The van der Waals surface area contributed by atoms with Gasteiger partial charge in [0, 0.05) is 25.7 Å². The highest BCUT2D eigenvalue weighted by Crippen LogP contribution is 2.22. The molecule has 8 heteroatoms. The number of para-hydroxylation sites is 1. The zero-order chi connectivity index (χ0) is 16.2. The number of rotatable bonds is 5. The molecule has 140 valence electrons. The van der Waals surface area contributed by atoms with Crippen LogP contribution in [-0.4, -0.2) is 36.2 Å². The fourth-order valence-electron chi connectivity index (χ4n) is 2.95. The standard InChI is InChI=1S/C17H23N3O2S.2ClH/c1-11(10-15-20-13-4-2-3-5-14(13)23-15)19-17(21)16(18)12-6-8-22-9-7-12;;/h2-5,11-12,16H,6-10,18H2,1H3,(H,19,21);2*1H. The topological polar surface area (TPSA) is 77.2 Å². The second kappa shape index (κ2) is 10.3. The van der Waals surface area contributed by atoms with E-state index in [1.54, 1.807) is 11.3 Å². The van der Waals surface area contributed by atoms with E-state index >= 15 is 0 Å². The number of nitrogens with two attached hydrogens (primary N) is 1. The molecule has 0 spiro atoms. The summed E-state index contributed by atoms with van der Waals surface area (Å²) in [6, 6.07) is 7.66. The van der Waals surface area contributed by atoms with Crippen LogP contribution in [0.2, 0.25) is 0 Å². The summed E-state index contributed by atoms with van der Waals surface area (Å²) in [5.74, 6) is 0.156. The number of carbonyl (C=O) groups is 1. The summed E-state index contributed by atoms with van der Waals surface area (Å²) in [6.45, 7) is 3.40. The Balaban J connectivity index is 0.00000156. The molecule has 0 aliphatic carbocycles. The molecule has 2 unspecified atom stereocenters.